The van der Waals surface area contributed by atoms with Gasteiger partial charge in [0.05, 0.1) is 11.1 Å². The highest BCUT2D eigenvalue weighted by Crippen LogP contribution is 2.39. The number of anilines is 2. The van der Waals surface area contributed by atoms with Crippen molar-refractivity contribution in [1.29, 1.82) is 0 Å². The lowest BCUT2D eigenvalue weighted by Crippen LogP contribution is -2.23. The Kier molecular flexibility index (Phi) is 11.1. The molecular weight excluding hydrogens is 616 g/mol. The summed E-state index contributed by atoms with van der Waals surface area (Å²) in [6, 6.07) is 10.1. The van der Waals surface area contributed by atoms with Crippen molar-refractivity contribution in [3.63, 3.8) is 0 Å². The molecule has 5 nitrogen and oxygen atoms in total. The largest absolute Gasteiger partial charge is 0.416 e. The van der Waals surface area contributed by atoms with Crippen LogP contribution in [0.4, 0.5) is 38.0 Å². The SMILES string of the molecule is CCN(CC)CCCCCCc1ccc(-c2cn(C3CCCCC3)c3nc(Nc4cc(C(F)(F)F)cc(C(F)(F)F)c4)ncc23)cc1. The number of nitrogens with zero attached hydrogens (tertiary/aromatic N) is 4. The van der Waals surface area contributed by atoms with Gasteiger partial charge in [0.25, 0.3) is 0 Å². The van der Waals surface area contributed by atoms with E-state index in [0.717, 1.165) is 81.1 Å². The Morgan fingerprint density at radius 3 is 2.09 bits per heavy atom. The van der Waals surface area contributed by atoms with E-state index in [0.29, 0.717) is 17.8 Å². The summed E-state index contributed by atoms with van der Waals surface area (Å²) in [4.78, 5) is 11.4. The number of halogens is 6. The summed E-state index contributed by atoms with van der Waals surface area (Å²) in [7, 11) is 0. The molecule has 0 amide bonds. The smallest absolute Gasteiger partial charge is 0.329 e. The Hall–Kier alpha value is -3.60. The first-order valence-corrected chi connectivity index (χ1v) is 16.7. The topological polar surface area (TPSA) is 46.0 Å². The van der Waals surface area contributed by atoms with Gasteiger partial charge in [-0.1, -0.05) is 70.2 Å². The molecule has 5 rings (SSSR count). The minimum atomic E-state index is -4.95. The molecule has 2 heterocycles. The molecule has 2 aromatic heterocycles. The van der Waals surface area contributed by atoms with Crippen molar-refractivity contribution >= 4 is 22.7 Å². The molecule has 0 unspecified atom stereocenters. The van der Waals surface area contributed by atoms with Crippen LogP contribution in [0.2, 0.25) is 0 Å². The summed E-state index contributed by atoms with van der Waals surface area (Å²) in [6.45, 7) is 7.75. The Bertz CT molecular complexity index is 1570. The lowest BCUT2D eigenvalue weighted by atomic mass is 9.95. The lowest BCUT2D eigenvalue weighted by molar-refractivity contribution is -0.143. The van der Waals surface area contributed by atoms with Crippen LogP contribution in [0.15, 0.2) is 54.9 Å². The van der Waals surface area contributed by atoms with Crippen molar-refractivity contribution in [3.8, 4) is 11.1 Å². The van der Waals surface area contributed by atoms with Gasteiger partial charge >= 0.3 is 12.4 Å². The van der Waals surface area contributed by atoms with Crippen LogP contribution in [-0.4, -0.2) is 39.1 Å². The van der Waals surface area contributed by atoms with Gasteiger partial charge in [0.1, 0.15) is 5.65 Å². The highest BCUT2D eigenvalue weighted by Gasteiger charge is 2.37. The Morgan fingerprint density at radius 1 is 0.830 bits per heavy atom. The Labute approximate surface area is 272 Å². The number of benzene rings is 2. The number of alkyl halides is 6. The zero-order valence-electron chi connectivity index (χ0n) is 27.0. The third-order valence-corrected chi connectivity index (χ3v) is 9.23. The highest BCUT2D eigenvalue weighted by molar-refractivity contribution is 5.94. The molecule has 254 valence electrons. The minimum absolute atomic E-state index is 0.0703. The van der Waals surface area contributed by atoms with E-state index < -0.39 is 23.5 Å². The molecule has 2 aromatic carbocycles. The molecule has 11 heteroatoms. The zero-order valence-corrected chi connectivity index (χ0v) is 27.0. The molecule has 0 bridgehead atoms. The first-order chi connectivity index (χ1) is 22.5. The van der Waals surface area contributed by atoms with Crippen LogP contribution >= 0.6 is 0 Å². The van der Waals surface area contributed by atoms with Gasteiger partial charge in [-0.15, -0.1) is 0 Å². The second kappa shape index (κ2) is 15.1. The maximum absolute atomic E-state index is 13.5. The second-order valence-electron chi connectivity index (χ2n) is 12.5. The predicted molar refractivity (Wildman–Crippen MR) is 175 cm³/mol. The molecule has 0 atom stereocenters. The van der Waals surface area contributed by atoms with E-state index in [-0.39, 0.29) is 23.7 Å². The van der Waals surface area contributed by atoms with Gasteiger partial charge in [-0.25, -0.2) is 4.98 Å². The molecule has 1 aliphatic carbocycles. The van der Waals surface area contributed by atoms with Crippen LogP contribution < -0.4 is 5.32 Å². The van der Waals surface area contributed by atoms with Gasteiger partial charge in [0.15, 0.2) is 0 Å². The molecule has 0 spiro atoms. The molecule has 1 N–H and O–H groups in total. The number of hydrogen-bond acceptors (Lipinski definition) is 4. The van der Waals surface area contributed by atoms with E-state index in [9.17, 15) is 26.3 Å². The summed E-state index contributed by atoms with van der Waals surface area (Å²) in [6.07, 6.45) is 4.79. The summed E-state index contributed by atoms with van der Waals surface area (Å²) in [5.41, 5.74) is 0.631. The first kappa shape index (κ1) is 34.7. The first-order valence-electron chi connectivity index (χ1n) is 16.7. The predicted octanol–water partition coefficient (Wildman–Crippen LogP) is 10.8. The summed E-state index contributed by atoms with van der Waals surface area (Å²) in [5.74, 6) is -0.0703. The van der Waals surface area contributed by atoms with Crippen molar-refractivity contribution in [3.05, 3.63) is 71.5 Å². The molecule has 1 fully saturated rings. The normalized spacial score (nSPS) is 14.7. The molecule has 0 aliphatic heterocycles. The van der Waals surface area contributed by atoms with Crippen LogP contribution in [0.1, 0.15) is 94.4 Å². The fraction of sp³-hybridized carbons (Fsp3) is 0.500. The van der Waals surface area contributed by atoms with E-state index in [1.807, 2.05) is 0 Å². The standard InChI is InChI=1S/C36H43F6N5/c1-3-46(4-2)19-11-6-5-8-12-25-15-17-26(18-16-25)32-24-47(30-13-9-7-10-14-30)33-31(32)23-43-34(45-33)44-29-21-27(35(37,38)39)20-28(22-29)36(40,41)42/h15-18,20-24,30H,3-14,19H2,1-2H3,(H,43,44,45). The number of fused-ring (bicyclic) bond motifs is 1. The van der Waals surface area contributed by atoms with E-state index >= 15 is 0 Å². The van der Waals surface area contributed by atoms with Gasteiger partial charge in [0.2, 0.25) is 5.95 Å². The van der Waals surface area contributed by atoms with Crippen LogP contribution in [0.3, 0.4) is 0 Å². The summed E-state index contributed by atoms with van der Waals surface area (Å²) < 4.78 is 82.8. The minimum Gasteiger partial charge on any atom is -0.329 e. The molecule has 1 aliphatic rings. The van der Waals surface area contributed by atoms with Gasteiger partial charge < -0.3 is 14.8 Å². The van der Waals surface area contributed by atoms with Crippen molar-refractivity contribution in [2.45, 2.75) is 96.5 Å². The summed E-state index contributed by atoms with van der Waals surface area (Å²) in [5, 5.41) is 3.39. The molecule has 0 radical (unpaired) electrons. The molecular formula is C36H43F6N5. The summed E-state index contributed by atoms with van der Waals surface area (Å²) >= 11 is 0. The van der Waals surface area contributed by atoms with Crippen molar-refractivity contribution < 1.29 is 26.3 Å². The van der Waals surface area contributed by atoms with Crippen molar-refractivity contribution in [2.24, 2.45) is 0 Å². The average molecular weight is 660 g/mol. The van der Waals surface area contributed by atoms with Crippen LogP contribution in [-0.2, 0) is 18.8 Å². The molecule has 4 aromatic rings. The number of aromatic nitrogens is 3. The average Bonchev–Trinajstić information content (AvgIpc) is 3.43. The van der Waals surface area contributed by atoms with E-state index in [1.165, 1.54) is 24.8 Å². The van der Waals surface area contributed by atoms with E-state index in [1.54, 1.807) is 6.20 Å². The van der Waals surface area contributed by atoms with E-state index in [4.69, 9.17) is 0 Å². The molecule has 0 saturated heterocycles. The number of hydrogen-bond donors (Lipinski definition) is 1. The second-order valence-corrected chi connectivity index (χ2v) is 12.5. The van der Waals surface area contributed by atoms with Crippen LogP contribution in [0, 0.1) is 0 Å². The Balaban J connectivity index is 1.37. The fourth-order valence-electron chi connectivity index (χ4n) is 6.52. The third kappa shape index (κ3) is 8.86. The highest BCUT2D eigenvalue weighted by atomic mass is 19.4. The number of rotatable bonds is 13. The lowest BCUT2D eigenvalue weighted by Gasteiger charge is -2.23. The maximum atomic E-state index is 13.5. The third-order valence-electron chi connectivity index (χ3n) is 9.23. The zero-order chi connectivity index (χ0) is 33.6. The van der Waals surface area contributed by atoms with Crippen LogP contribution in [0.5, 0.6) is 0 Å². The number of aryl methyl sites for hydroxylation is 1. The van der Waals surface area contributed by atoms with Crippen molar-refractivity contribution in [2.75, 3.05) is 25.0 Å². The van der Waals surface area contributed by atoms with Gasteiger partial charge in [-0.3, -0.25) is 0 Å². The number of unbranched alkanes of at least 4 members (excludes halogenated alkanes) is 3. The Morgan fingerprint density at radius 2 is 1.47 bits per heavy atom. The van der Waals surface area contributed by atoms with Crippen molar-refractivity contribution in [1.82, 2.24) is 19.4 Å². The molecule has 1 saturated carbocycles. The van der Waals surface area contributed by atoms with Crippen LogP contribution in [0.25, 0.3) is 22.2 Å². The van der Waals surface area contributed by atoms with E-state index in [2.05, 4.69) is 69.1 Å². The quantitative estimate of drug-likeness (QED) is 0.115. The number of nitrogens with one attached hydrogen (secondary N) is 1. The molecule has 47 heavy (non-hydrogen) atoms. The fourth-order valence-corrected chi connectivity index (χ4v) is 6.52. The van der Waals surface area contributed by atoms with Gasteiger partial charge in [0, 0.05) is 35.1 Å². The monoisotopic (exact) mass is 659 g/mol. The van der Waals surface area contributed by atoms with Gasteiger partial charge in [-0.05, 0) is 81.1 Å². The maximum Gasteiger partial charge on any atom is 0.416 e. The van der Waals surface area contributed by atoms with Gasteiger partial charge in [-0.2, -0.15) is 31.3 Å².